The number of hydrogen-bond donors (Lipinski definition) is 0. The molecular formula is C22H19IN2O7S. The zero-order valence-corrected chi connectivity index (χ0v) is 20.6. The fourth-order valence-corrected chi connectivity index (χ4v) is 4.40. The standard InChI is InChI=1S/C22H19IN2O7S/c1-13(2)32-20(26)11-24-21(27)19(33-22(24)28)10-14-6-7-18(17(23)9-14)31-12-15-4-3-5-16(8-15)25(29)30/h3-10,13H,11-12H2,1-2H3/b19-10+. The Morgan fingerprint density at radius 3 is 2.67 bits per heavy atom. The van der Waals surface area contributed by atoms with Gasteiger partial charge in [-0.05, 0) is 77.5 Å². The van der Waals surface area contributed by atoms with Crippen LogP contribution in [-0.4, -0.2) is 39.6 Å². The largest absolute Gasteiger partial charge is 0.488 e. The van der Waals surface area contributed by atoms with Crippen LogP contribution in [0.3, 0.4) is 0 Å². The second kappa shape index (κ2) is 10.8. The number of carbonyl (C=O) groups excluding carboxylic acids is 3. The molecular weight excluding hydrogens is 563 g/mol. The van der Waals surface area contributed by atoms with E-state index in [1.807, 2.05) is 0 Å². The van der Waals surface area contributed by atoms with Gasteiger partial charge in [0.1, 0.15) is 18.9 Å². The van der Waals surface area contributed by atoms with Crippen molar-refractivity contribution in [3.05, 3.63) is 72.2 Å². The van der Waals surface area contributed by atoms with Gasteiger partial charge in [-0.3, -0.25) is 29.4 Å². The smallest absolute Gasteiger partial charge is 0.326 e. The number of nitro benzene ring substituents is 1. The molecule has 0 spiro atoms. The van der Waals surface area contributed by atoms with E-state index in [0.717, 1.165) is 20.2 Å². The highest BCUT2D eigenvalue weighted by Gasteiger charge is 2.36. The van der Waals surface area contributed by atoms with Crippen molar-refractivity contribution in [2.45, 2.75) is 26.6 Å². The molecule has 33 heavy (non-hydrogen) atoms. The number of non-ortho nitro benzene ring substituents is 1. The van der Waals surface area contributed by atoms with Gasteiger partial charge in [-0.2, -0.15) is 0 Å². The molecule has 9 nitrogen and oxygen atoms in total. The topological polar surface area (TPSA) is 116 Å². The predicted molar refractivity (Wildman–Crippen MR) is 130 cm³/mol. The van der Waals surface area contributed by atoms with Crippen LogP contribution in [0.15, 0.2) is 47.4 Å². The molecule has 0 saturated carbocycles. The van der Waals surface area contributed by atoms with Crippen molar-refractivity contribution in [1.29, 1.82) is 0 Å². The SMILES string of the molecule is CC(C)OC(=O)CN1C(=O)S/C(=C/c2ccc(OCc3cccc([N+](=O)[O-])c3)c(I)c2)C1=O. The maximum atomic E-state index is 12.6. The molecule has 0 unspecified atom stereocenters. The number of benzene rings is 2. The minimum Gasteiger partial charge on any atom is -0.488 e. The van der Waals surface area contributed by atoms with Gasteiger partial charge < -0.3 is 9.47 Å². The predicted octanol–water partition coefficient (Wildman–Crippen LogP) is 4.77. The third-order valence-corrected chi connectivity index (χ3v) is 6.05. The summed E-state index contributed by atoms with van der Waals surface area (Å²) in [5, 5.41) is 10.4. The average molecular weight is 582 g/mol. The first-order valence-electron chi connectivity index (χ1n) is 9.74. The molecule has 1 fully saturated rings. The molecule has 0 bridgehead atoms. The van der Waals surface area contributed by atoms with Crippen LogP contribution < -0.4 is 4.74 Å². The van der Waals surface area contributed by atoms with Crippen LogP contribution in [0.25, 0.3) is 6.08 Å². The highest BCUT2D eigenvalue weighted by Crippen LogP contribution is 2.33. The summed E-state index contributed by atoms with van der Waals surface area (Å²) in [4.78, 5) is 48.1. The molecule has 1 aliphatic heterocycles. The molecule has 11 heteroatoms. The van der Waals surface area contributed by atoms with Crippen LogP contribution in [-0.2, 0) is 20.9 Å². The molecule has 0 radical (unpaired) electrons. The fraction of sp³-hybridized carbons (Fsp3) is 0.227. The molecule has 2 aromatic rings. The Labute approximate surface area is 207 Å². The summed E-state index contributed by atoms with van der Waals surface area (Å²) in [6, 6.07) is 11.4. The van der Waals surface area contributed by atoms with E-state index < -0.39 is 28.6 Å². The first-order valence-corrected chi connectivity index (χ1v) is 11.6. The van der Waals surface area contributed by atoms with E-state index in [-0.39, 0.29) is 23.3 Å². The average Bonchev–Trinajstić information content (AvgIpc) is 3.00. The van der Waals surface area contributed by atoms with Crippen molar-refractivity contribution in [1.82, 2.24) is 4.90 Å². The Balaban J connectivity index is 1.67. The number of thioether (sulfide) groups is 1. The van der Waals surface area contributed by atoms with E-state index in [2.05, 4.69) is 22.6 Å². The van der Waals surface area contributed by atoms with Crippen LogP contribution >= 0.6 is 34.4 Å². The maximum Gasteiger partial charge on any atom is 0.326 e. The third-order valence-electron chi connectivity index (χ3n) is 4.30. The van der Waals surface area contributed by atoms with Gasteiger partial charge in [0, 0.05) is 12.1 Å². The molecule has 0 N–H and O–H groups in total. The first kappa shape index (κ1) is 24.7. The second-order valence-corrected chi connectivity index (χ2v) is 9.37. The molecule has 172 valence electrons. The number of hydrogen-bond acceptors (Lipinski definition) is 8. The van der Waals surface area contributed by atoms with Gasteiger partial charge in [0.2, 0.25) is 0 Å². The Bertz CT molecular complexity index is 1150. The van der Waals surface area contributed by atoms with Gasteiger partial charge in [0.05, 0.1) is 19.5 Å². The maximum absolute atomic E-state index is 12.6. The number of carbonyl (C=O) groups is 3. The second-order valence-electron chi connectivity index (χ2n) is 7.21. The monoisotopic (exact) mass is 582 g/mol. The van der Waals surface area contributed by atoms with Gasteiger partial charge in [-0.15, -0.1) is 0 Å². The molecule has 1 saturated heterocycles. The Morgan fingerprint density at radius 2 is 2.00 bits per heavy atom. The molecule has 0 aromatic heterocycles. The fourth-order valence-electron chi connectivity index (χ4n) is 2.86. The quantitative estimate of drug-likeness (QED) is 0.144. The van der Waals surface area contributed by atoms with Crippen LogP contribution in [0.2, 0.25) is 0 Å². The van der Waals surface area contributed by atoms with Crippen LogP contribution in [0, 0.1) is 13.7 Å². The van der Waals surface area contributed by atoms with Gasteiger partial charge >= 0.3 is 5.97 Å². The molecule has 1 heterocycles. The van der Waals surface area contributed by atoms with Crippen LogP contribution in [0.4, 0.5) is 10.5 Å². The number of rotatable bonds is 8. The lowest BCUT2D eigenvalue weighted by molar-refractivity contribution is -0.384. The van der Waals surface area contributed by atoms with Gasteiger partial charge in [0.15, 0.2) is 0 Å². The lowest BCUT2D eigenvalue weighted by Crippen LogP contribution is -2.35. The first-order chi connectivity index (χ1) is 15.6. The minimum absolute atomic E-state index is 0.00689. The Morgan fingerprint density at radius 1 is 1.24 bits per heavy atom. The number of nitro groups is 1. The number of halogens is 1. The van der Waals surface area contributed by atoms with Crippen LogP contribution in [0.5, 0.6) is 5.75 Å². The number of ether oxygens (including phenoxy) is 2. The van der Waals surface area contributed by atoms with Gasteiger partial charge in [-0.25, -0.2) is 0 Å². The minimum atomic E-state index is -0.645. The van der Waals surface area contributed by atoms with Crippen molar-refractivity contribution in [2.75, 3.05) is 6.54 Å². The Hall–Kier alpha value is -2.93. The molecule has 0 aliphatic carbocycles. The summed E-state index contributed by atoms with van der Waals surface area (Å²) in [6.45, 7) is 3.10. The van der Waals surface area contributed by atoms with Crippen molar-refractivity contribution in [2.24, 2.45) is 0 Å². The van der Waals surface area contributed by atoms with Crippen molar-refractivity contribution < 1.29 is 28.8 Å². The summed E-state index contributed by atoms with van der Waals surface area (Å²) >= 11 is 2.84. The zero-order chi connectivity index (χ0) is 24.1. The van der Waals surface area contributed by atoms with E-state index in [4.69, 9.17) is 9.47 Å². The number of amides is 2. The number of imide groups is 1. The summed E-state index contributed by atoms with van der Waals surface area (Å²) in [7, 11) is 0. The zero-order valence-electron chi connectivity index (χ0n) is 17.6. The molecule has 0 atom stereocenters. The lowest BCUT2D eigenvalue weighted by atomic mass is 10.2. The van der Waals surface area contributed by atoms with E-state index in [0.29, 0.717) is 16.9 Å². The number of nitrogens with zero attached hydrogens (tertiary/aromatic N) is 2. The lowest BCUT2D eigenvalue weighted by Gasteiger charge is -2.13. The van der Waals surface area contributed by atoms with E-state index in [1.165, 1.54) is 12.1 Å². The summed E-state index contributed by atoms with van der Waals surface area (Å²) in [5.41, 5.74) is 1.33. The van der Waals surface area contributed by atoms with E-state index in [1.54, 1.807) is 50.3 Å². The van der Waals surface area contributed by atoms with Crippen molar-refractivity contribution in [3.63, 3.8) is 0 Å². The Kier molecular flexibility index (Phi) is 8.08. The molecule has 3 rings (SSSR count). The summed E-state index contributed by atoms with van der Waals surface area (Å²) < 4.78 is 11.5. The van der Waals surface area contributed by atoms with E-state index in [9.17, 15) is 24.5 Å². The summed E-state index contributed by atoms with van der Waals surface area (Å²) in [6.07, 6.45) is 1.23. The summed E-state index contributed by atoms with van der Waals surface area (Å²) in [5.74, 6) is -0.621. The highest BCUT2D eigenvalue weighted by atomic mass is 127. The highest BCUT2D eigenvalue weighted by molar-refractivity contribution is 14.1. The molecule has 2 aromatic carbocycles. The van der Waals surface area contributed by atoms with Gasteiger partial charge in [-0.1, -0.05) is 18.2 Å². The third kappa shape index (κ3) is 6.54. The van der Waals surface area contributed by atoms with Crippen molar-refractivity contribution in [3.8, 4) is 5.75 Å². The molecule has 2 amide bonds. The van der Waals surface area contributed by atoms with Crippen molar-refractivity contribution >= 4 is 63.2 Å². The number of esters is 1. The molecule has 1 aliphatic rings. The normalized spacial score (nSPS) is 14.8. The van der Waals surface area contributed by atoms with E-state index >= 15 is 0 Å². The van der Waals surface area contributed by atoms with Crippen LogP contribution in [0.1, 0.15) is 25.0 Å². The van der Waals surface area contributed by atoms with Gasteiger partial charge in [0.25, 0.3) is 16.8 Å².